The zero-order valence-corrected chi connectivity index (χ0v) is 14.5. The van der Waals surface area contributed by atoms with Gasteiger partial charge in [0.25, 0.3) is 0 Å². The summed E-state index contributed by atoms with van der Waals surface area (Å²) in [4.78, 5) is 12.2. The summed E-state index contributed by atoms with van der Waals surface area (Å²) in [5, 5.41) is 7.40. The predicted molar refractivity (Wildman–Crippen MR) is 88.5 cm³/mol. The van der Waals surface area contributed by atoms with Crippen LogP contribution >= 0.6 is 11.6 Å². The van der Waals surface area contributed by atoms with E-state index in [1.54, 1.807) is 20.1 Å². The van der Waals surface area contributed by atoms with Crippen LogP contribution in [0.2, 0.25) is 5.02 Å². The van der Waals surface area contributed by atoms with E-state index in [0.29, 0.717) is 17.3 Å². The average molecular weight is 337 g/mol. The Morgan fingerprint density at radius 1 is 1.43 bits per heavy atom. The first kappa shape index (κ1) is 17.5. The fourth-order valence-electron chi connectivity index (χ4n) is 2.35. The molecular formula is C17H21ClN2O3. The third-order valence-electron chi connectivity index (χ3n) is 4.03. The van der Waals surface area contributed by atoms with E-state index in [-0.39, 0.29) is 12.3 Å². The SMILES string of the molecule is CO[C@@](C)(CNC(=O)Cc1c(C)noc1C)c1cccc(Cl)c1. The van der Waals surface area contributed by atoms with Crippen molar-refractivity contribution in [2.24, 2.45) is 0 Å². The van der Waals surface area contributed by atoms with Gasteiger partial charge in [0.15, 0.2) is 0 Å². The number of amides is 1. The number of methoxy groups -OCH3 is 1. The molecule has 1 heterocycles. The topological polar surface area (TPSA) is 64.4 Å². The molecule has 0 bridgehead atoms. The van der Waals surface area contributed by atoms with E-state index in [2.05, 4.69) is 10.5 Å². The molecule has 1 amide bonds. The van der Waals surface area contributed by atoms with E-state index in [0.717, 1.165) is 16.8 Å². The smallest absolute Gasteiger partial charge is 0.224 e. The number of ether oxygens (including phenoxy) is 1. The van der Waals surface area contributed by atoms with Crippen molar-refractivity contribution in [3.05, 3.63) is 51.9 Å². The molecule has 23 heavy (non-hydrogen) atoms. The van der Waals surface area contributed by atoms with Crippen LogP contribution in [0.4, 0.5) is 0 Å². The summed E-state index contributed by atoms with van der Waals surface area (Å²) in [5.41, 5.74) is 1.82. The summed E-state index contributed by atoms with van der Waals surface area (Å²) in [7, 11) is 1.61. The molecule has 2 aromatic rings. The highest BCUT2D eigenvalue weighted by Crippen LogP contribution is 2.26. The van der Waals surface area contributed by atoms with Gasteiger partial charge in [0, 0.05) is 17.7 Å². The Bertz CT molecular complexity index is 679. The van der Waals surface area contributed by atoms with Gasteiger partial charge in [-0.15, -0.1) is 0 Å². The maximum atomic E-state index is 12.2. The van der Waals surface area contributed by atoms with Crippen LogP contribution in [0.25, 0.3) is 0 Å². The van der Waals surface area contributed by atoms with Crippen molar-refractivity contribution in [2.75, 3.05) is 13.7 Å². The number of benzene rings is 1. The summed E-state index contributed by atoms with van der Waals surface area (Å²) in [5.74, 6) is 0.562. The zero-order chi connectivity index (χ0) is 17.0. The van der Waals surface area contributed by atoms with Crippen molar-refractivity contribution in [1.82, 2.24) is 10.5 Å². The van der Waals surface area contributed by atoms with Gasteiger partial charge in [-0.25, -0.2) is 0 Å². The Morgan fingerprint density at radius 2 is 2.17 bits per heavy atom. The van der Waals surface area contributed by atoms with Crippen LogP contribution in [-0.2, 0) is 21.6 Å². The third kappa shape index (κ3) is 4.12. The highest BCUT2D eigenvalue weighted by Gasteiger charge is 2.27. The lowest BCUT2D eigenvalue weighted by atomic mass is 9.95. The number of aryl methyl sites for hydroxylation is 2. The molecule has 6 heteroatoms. The van der Waals surface area contributed by atoms with Gasteiger partial charge in [0.05, 0.1) is 18.7 Å². The second-order valence-electron chi connectivity index (χ2n) is 5.70. The molecule has 0 unspecified atom stereocenters. The first-order valence-electron chi connectivity index (χ1n) is 7.35. The summed E-state index contributed by atoms with van der Waals surface area (Å²) >= 11 is 6.04. The lowest BCUT2D eigenvalue weighted by molar-refractivity contribution is -0.122. The van der Waals surface area contributed by atoms with E-state index in [1.165, 1.54) is 0 Å². The lowest BCUT2D eigenvalue weighted by Gasteiger charge is -2.29. The molecule has 0 saturated carbocycles. The fraction of sp³-hybridized carbons (Fsp3) is 0.412. The molecule has 0 radical (unpaired) electrons. The first-order chi connectivity index (χ1) is 10.9. The minimum atomic E-state index is -0.653. The number of halogens is 1. The van der Waals surface area contributed by atoms with Gasteiger partial charge in [0.2, 0.25) is 5.91 Å². The molecule has 0 aliphatic rings. The number of nitrogens with zero attached hydrogens (tertiary/aromatic N) is 1. The summed E-state index contributed by atoms with van der Waals surface area (Å²) in [6, 6.07) is 7.43. The van der Waals surface area contributed by atoms with Crippen LogP contribution in [0.5, 0.6) is 0 Å². The Labute approximate surface area is 141 Å². The average Bonchev–Trinajstić information content (AvgIpc) is 2.84. The van der Waals surface area contributed by atoms with Gasteiger partial charge in [-0.3, -0.25) is 4.79 Å². The summed E-state index contributed by atoms with van der Waals surface area (Å²) in [6.45, 7) is 5.87. The van der Waals surface area contributed by atoms with Gasteiger partial charge in [-0.2, -0.15) is 0 Å². The number of carbonyl (C=O) groups excluding carboxylic acids is 1. The fourth-order valence-corrected chi connectivity index (χ4v) is 2.54. The van der Waals surface area contributed by atoms with Gasteiger partial charge in [-0.05, 0) is 38.5 Å². The standard InChI is InChI=1S/C17H21ClN2O3/c1-11-15(12(2)23-20-11)9-16(21)19-10-17(3,22-4)13-6-5-7-14(18)8-13/h5-8H,9-10H2,1-4H3,(H,19,21)/t17-/m0/s1. The van der Waals surface area contributed by atoms with E-state index in [9.17, 15) is 4.79 Å². The molecule has 1 aromatic heterocycles. The number of nitrogens with one attached hydrogen (secondary N) is 1. The number of hydrogen-bond acceptors (Lipinski definition) is 4. The maximum Gasteiger partial charge on any atom is 0.224 e. The van der Waals surface area contributed by atoms with Gasteiger partial charge < -0.3 is 14.6 Å². The molecule has 1 atom stereocenters. The Balaban J connectivity index is 2.04. The number of carbonyl (C=O) groups is 1. The Kier molecular flexibility index (Phi) is 5.44. The van der Waals surface area contributed by atoms with Crippen LogP contribution in [0, 0.1) is 13.8 Å². The molecule has 2 rings (SSSR count). The lowest BCUT2D eigenvalue weighted by Crippen LogP contribution is -2.40. The highest BCUT2D eigenvalue weighted by atomic mass is 35.5. The Hall–Kier alpha value is -1.85. The van der Waals surface area contributed by atoms with Crippen molar-refractivity contribution in [1.29, 1.82) is 0 Å². The van der Waals surface area contributed by atoms with E-state index in [1.807, 2.05) is 32.0 Å². The molecule has 0 aliphatic carbocycles. The van der Waals surface area contributed by atoms with Gasteiger partial charge in [-0.1, -0.05) is 28.9 Å². The van der Waals surface area contributed by atoms with E-state index >= 15 is 0 Å². The first-order valence-corrected chi connectivity index (χ1v) is 7.73. The highest BCUT2D eigenvalue weighted by molar-refractivity contribution is 6.30. The van der Waals surface area contributed by atoms with E-state index < -0.39 is 5.60 Å². The molecule has 5 nitrogen and oxygen atoms in total. The molecule has 124 valence electrons. The molecular weight excluding hydrogens is 316 g/mol. The molecule has 1 N–H and O–H groups in total. The molecule has 0 spiro atoms. The Morgan fingerprint density at radius 3 is 2.74 bits per heavy atom. The monoisotopic (exact) mass is 336 g/mol. The summed E-state index contributed by atoms with van der Waals surface area (Å²) in [6.07, 6.45) is 0.233. The molecule has 0 aliphatic heterocycles. The van der Waals surface area contributed by atoms with Crippen LogP contribution in [0.1, 0.15) is 29.5 Å². The van der Waals surface area contributed by atoms with Crippen LogP contribution in [0.3, 0.4) is 0 Å². The van der Waals surface area contributed by atoms with E-state index in [4.69, 9.17) is 20.9 Å². The van der Waals surface area contributed by atoms with Gasteiger partial charge in [0.1, 0.15) is 11.4 Å². The van der Waals surface area contributed by atoms with Crippen molar-refractivity contribution in [3.8, 4) is 0 Å². The maximum absolute atomic E-state index is 12.2. The van der Waals surface area contributed by atoms with Crippen LogP contribution in [-0.4, -0.2) is 24.7 Å². The molecule has 1 aromatic carbocycles. The van der Waals surface area contributed by atoms with Crippen LogP contribution in [0.15, 0.2) is 28.8 Å². The quantitative estimate of drug-likeness (QED) is 0.880. The van der Waals surface area contributed by atoms with Gasteiger partial charge >= 0.3 is 0 Å². The van der Waals surface area contributed by atoms with Crippen LogP contribution < -0.4 is 5.32 Å². The summed E-state index contributed by atoms with van der Waals surface area (Å²) < 4.78 is 10.7. The number of hydrogen-bond donors (Lipinski definition) is 1. The third-order valence-corrected chi connectivity index (χ3v) is 4.26. The minimum Gasteiger partial charge on any atom is -0.372 e. The van der Waals surface area contributed by atoms with Crippen molar-refractivity contribution >= 4 is 17.5 Å². The molecule has 0 saturated heterocycles. The second kappa shape index (κ2) is 7.15. The number of rotatable bonds is 6. The minimum absolute atomic E-state index is 0.107. The molecule has 0 fully saturated rings. The van der Waals surface area contributed by atoms with Crippen molar-refractivity contribution in [3.63, 3.8) is 0 Å². The van der Waals surface area contributed by atoms with Crippen molar-refractivity contribution < 1.29 is 14.1 Å². The number of aromatic nitrogens is 1. The largest absolute Gasteiger partial charge is 0.372 e. The van der Waals surface area contributed by atoms with Crippen molar-refractivity contribution in [2.45, 2.75) is 32.8 Å². The zero-order valence-electron chi connectivity index (χ0n) is 13.8. The predicted octanol–water partition coefficient (Wildman–Crippen LogP) is 3.17. The second-order valence-corrected chi connectivity index (χ2v) is 6.14. The normalized spacial score (nSPS) is 13.6.